The monoisotopic (exact) mass is 377 g/mol. The summed E-state index contributed by atoms with van der Waals surface area (Å²) in [6, 6.07) is 6.02. The molecule has 3 aromatic rings. The first-order valence-corrected chi connectivity index (χ1v) is 8.88. The van der Waals surface area contributed by atoms with Gasteiger partial charge < -0.3 is 10.1 Å². The van der Waals surface area contributed by atoms with E-state index in [0.717, 1.165) is 16.9 Å². The van der Waals surface area contributed by atoms with E-state index in [4.69, 9.17) is 4.74 Å². The van der Waals surface area contributed by atoms with Gasteiger partial charge in [-0.05, 0) is 24.3 Å². The van der Waals surface area contributed by atoms with Crippen molar-refractivity contribution in [1.82, 2.24) is 9.97 Å². The first-order valence-electron chi connectivity index (χ1n) is 7.12. The third-order valence-corrected chi connectivity index (χ3v) is 4.69. The van der Waals surface area contributed by atoms with Crippen LogP contribution in [0.5, 0.6) is 0 Å². The van der Waals surface area contributed by atoms with Gasteiger partial charge >= 0.3 is 5.97 Å². The van der Waals surface area contributed by atoms with Crippen LogP contribution < -0.4 is 5.32 Å². The largest absolute Gasteiger partial charge is 0.454 e. The van der Waals surface area contributed by atoms with Crippen molar-refractivity contribution in [1.29, 1.82) is 0 Å². The molecule has 0 radical (unpaired) electrons. The normalized spacial score (nSPS) is 10.5. The van der Waals surface area contributed by atoms with Crippen LogP contribution in [0.3, 0.4) is 0 Å². The number of nitrogens with zero attached hydrogens (tertiary/aromatic N) is 2. The van der Waals surface area contributed by atoms with Crippen LogP contribution in [-0.2, 0) is 16.1 Å². The Kier molecular flexibility index (Phi) is 5.15. The molecule has 2 aromatic heterocycles. The van der Waals surface area contributed by atoms with E-state index < -0.39 is 5.97 Å². The Hall–Kier alpha value is -2.65. The molecule has 0 atom stereocenters. The molecule has 0 spiro atoms. The average molecular weight is 377 g/mol. The van der Waals surface area contributed by atoms with Gasteiger partial charge in [-0.3, -0.25) is 4.79 Å². The molecule has 0 bridgehead atoms. The van der Waals surface area contributed by atoms with Crippen molar-refractivity contribution in [2.45, 2.75) is 13.5 Å². The predicted molar refractivity (Wildman–Crippen MR) is 93.0 cm³/mol. The third kappa shape index (κ3) is 4.46. The first kappa shape index (κ1) is 17.2. The van der Waals surface area contributed by atoms with Crippen LogP contribution >= 0.6 is 22.7 Å². The third-order valence-electron chi connectivity index (χ3n) is 2.99. The number of anilines is 1. The fourth-order valence-corrected chi connectivity index (χ4v) is 3.42. The second-order valence-electron chi connectivity index (χ2n) is 4.95. The lowest BCUT2D eigenvalue weighted by molar-refractivity contribution is -0.114. The maximum absolute atomic E-state index is 12.9. The molecule has 0 saturated heterocycles. The van der Waals surface area contributed by atoms with Crippen LogP contribution in [0.2, 0.25) is 0 Å². The standard InChI is InChI=1S/C16H12FN3O3S2/c1-9(21)18-16-20-13(8-25-16)15(22)23-6-12-7-24-14(19-12)10-2-4-11(17)5-3-10/h2-5,7-8H,6H2,1H3,(H,18,20,21). The van der Waals surface area contributed by atoms with Crippen molar-refractivity contribution in [3.63, 3.8) is 0 Å². The number of rotatable bonds is 5. The SMILES string of the molecule is CC(=O)Nc1nc(C(=O)OCc2csc(-c3ccc(F)cc3)n2)cs1. The number of esters is 1. The van der Waals surface area contributed by atoms with Crippen molar-refractivity contribution in [2.24, 2.45) is 0 Å². The zero-order valence-corrected chi connectivity index (χ0v) is 14.6. The number of hydrogen-bond donors (Lipinski definition) is 1. The Balaban J connectivity index is 1.60. The highest BCUT2D eigenvalue weighted by molar-refractivity contribution is 7.14. The molecule has 6 nitrogen and oxygen atoms in total. The molecule has 2 heterocycles. The Morgan fingerprint density at radius 3 is 2.64 bits per heavy atom. The van der Waals surface area contributed by atoms with Gasteiger partial charge in [0.05, 0.1) is 5.69 Å². The Labute approximate surface area is 150 Å². The summed E-state index contributed by atoms with van der Waals surface area (Å²) in [5.74, 6) is -1.16. The minimum Gasteiger partial charge on any atom is -0.454 e. The molecule has 0 aliphatic carbocycles. The number of aromatic nitrogens is 2. The summed E-state index contributed by atoms with van der Waals surface area (Å²) >= 11 is 2.52. The Morgan fingerprint density at radius 2 is 1.92 bits per heavy atom. The average Bonchev–Trinajstić information content (AvgIpc) is 3.22. The van der Waals surface area contributed by atoms with Crippen LogP contribution in [0.1, 0.15) is 23.1 Å². The molecular formula is C16H12FN3O3S2. The fourth-order valence-electron chi connectivity index (χ4n) is 1.89. The van der Waals surface area contributed by atoms with Gasteiger partial charge in [0, 0.05) is 23.2 Å². The summed E-state index contributed by atoms with van der Waals surface area (Å²) in [6.07, 6.45) is 0. The van der Waals surface area contributed by atoms with Gasteiger partial charge in [-0.2, -0.15) is 0 Å². The van der Waals surface area contributed by atoms with E-state index in [2.05, 4.69) is 15.3 Å². The molecule has 0 saturated carbocycles. The topological polar surface area (TPSA) is 81.2 Å². The zero-order valence-electron chi connectivity index (χ0n) is 13.0. The number of ether oxygens (including phenoxy) is 1. The number of carbonyl (C=O) groups excluding carboxylic acids is 2. The lowest BCUT2D eigenvalue weighted by Gasteiger charge is -2.00. The van der Waals surface area contributed by atoms with Gasteiger partial charge in [0.1, 0.15) is 17.4 Å². The van der Waals surface area contributed by atoms with Gasteiger partial charge in [0.25, 0.3) is 0 Å². The Morgan fingerprint density at radius 1 is 1.16 bits per heavy atom. The summed E-state index contributed by atoms with van der Waals surface area (Å²) in [5.41, 5.74) is 1.51. The van der Waals surface area contributed by atoms with Crippen molar-refractivity contribution < 1.29 is 18.7 Å². The molecule has 25 heavy (non-hydrogen) atoms. The Bertz CT molecular complexity index is 906. The molecule has 1 aromatic carbocycles. The van der Waals surface area contributed by atoms with Crippen molar-refractivity contribution in [3.8, 4) is 10.6 Å². The number of carbonyl (C=O) groups is 2. The minimum atomic E-state index is -0.593. The molecule has 9 heteroatoms. The van der Waals surface area contributed by atoms with E-state index in [1.807, 2.05) is 0 Å². The number of hydrogen-bond acceptors (Lipinski definition) is 7. The number of benzene rings is 1. The van der Waals surface area contributed by atoms with E-state index in [1.165, 1.54) is 35.8 Å². The van der Waals surface area contributed by atoms with Crippen molar-refractivity contribution >= 4 is 39.7 Å². The molecule has 0 unspecified atom stereocenters. The van der Waals surface area contributed by atoms with Crippen molar-refractivity contribution in [3.05, 3.63) is 52.2 Å². The van der Waals surface area contributed by atoms with Gasteiger partial charge in [-0.15, -0.1) is 22.7 Å². The highest BCUT2D eigenvalue weighted by Crippen LogP contribution is 2.24. The molecule has 3 rings (SSSR count). The highest BCUT2D eigenvalue weighted by atomic mass is 32.1. The second kappa shape index (κ2) is 7.49. The van der Waals surface area contributed by atoms with E-state index >= 15 is 0 Å². The summed E-state index contributed by atoms with van der Waals surface area (Å²) in [7, 11) is 0. The summed E-state index contributed by atoms with van der Waals surface area (Å²) in [5, 5.41) is 6.84. The molecule has 1 amide bonds. The first-order chi connectivity index (χ1) is 12.0. The lowest BCUT2D eigenvalue weighted by atomic mass is 10.2. The van der Waals surface area contributed by atoms with E-state index in [0.29, 0.717) is 15.8 Å². The van der Waals surface area contributed by atoms with Gasteiger partial charge in [-0.1, -0.05) is 0 Å². The van der Waals surface area contributed by atoms with E-state index in [-0.39, 0.29) is 24.0 Å². The van der Waals surface area contributed by atoms with Crippen LogP contribution in [0.15, 0.2) is 35.0 Å². The molecule has 0 aliphatic rings. The van der Waals surface area contributed by atoms with Crippen molar-refractivity contribution in [2.75, 3.05) is 5.32 Å². The molecular weight excluding hydrogens is 365 g/mol. The van der Waals surface area contributed by atoms with E-state index in [9.17, 15) is 14.0 Å². The quantitative estimate of drug-likeness (QED) is 0.686. The summed E-state index contributed by atoms with van der Waals surface area (Å²) in [6.45, 7) is 1.36. The maximum Gasteiger partial charge on any atom is 0.358 e. The second-order valence-corrected chi connectivity index (χ2v) is 6.66. The molecule has 0 aliphatic heterocycles. The van der Waals surface area contributed by atoms with Crippen LogP contribution in [0, 0.1) is 5.82 Å². The summed E-state index contributed by atoms with van der Waals surface area (Å²) < 4.78 is 18.1. The van der Waals surface area contributed by atoms with Gasteiger partial charge in [-0.25, -0.2) is 19.2 Å². The summed E-state index contributed by atoms with van der Waals surface area (Å²) in [4.78, 5) is 31.3. The van der Waals surface area contributed by atoms with E-state index in [1.54, 1.807) is 17.5 Å². The number of nitrogens with one attached hydrogen (secondary N) is 1. The maximum atomic E-state index is 12.9. The minimum absolute atomic E-state index is 0.00350. The molecule has 0 fully saturated rings. The van der Waals surface area contributed by atoms with Gasteiger partial charge in [0.15, 0.2) is 10.8 Å². The van der Waals surface area contributed by atoms with Crippen LogP contribution in [-0.4, -0.2) is 21.8 Å². The fraction of sp³-hybridized carbons (Fsp3) is 0.125. The predicted octanol–water partition coefficient (Wildman–Crippen LogP) is 3.72. The number of thiazole rings is 2. The zero-order chi connectivity index (χ0) is 17.8. The number of amides is 1. The molecule has 128 valence electrons. The smallest absolute Gasteiger partial charge is 0.358 e. The molecule has 1 N–H and O–H groups in total. The number of halogens is 1. The van der Waals surface area contributed by atoms with Crippen LogP contribution in [0.25, 0.3) is 10.6 Å². The lowest BCUT2D eigenvalue weighted by Crippen LogP contribution is -2.08. The van der Waals surface area contributed by atoms with Crippen LogP contribution in [0.4, 0.5) is 9.52 Å². The van der Waals surface area contributed by atoms with Gasteiger partial charge in [0.2, 0.25) is 5.91 Å². The highest BCUT2D eigenvalue weighted by Gasteiger charge is 2.14.